The molecule has 0 radical (unpaired) electrons. The van der Waals surface area contributed by atoms with Gasteiger partial charge >= 0.3 is 5.97 Å². The summed E-state index contributed by atoms with van der Waals surface area (Å²) in [6.45, 7) is 6.26. The summed E-state index contributed by atoms with van der Waals surface area (Å²) in [5.41, 5.74) is 2.34. The maximum Gasteiger partial charge on any atom is 0.310 e. The minimum atomic E-state index is -0.908. The van der Waals surface area contributed by atoms with Crippen LogP contribution in [-0.4, -0.2) is 59.6 Å². The van der Waals surface area contributed by atoms with Crippen LogP contribution < -0.4 is 10.6 Å². The number of hydrogen-bond acceptors (Lipinski definition) is 6. The fourth-order valence-corrected chi connectivity index (χ4v) is 4.84. The lowest BCUT2D eigenvalue weighted by molar-refractivity contribution is -0.168. The van der Waals surface area contributed by atoms with E-state index in [1.54, 1.807) is 18.2 Å². The molecule has 0 spiro atoms. The molecule has 3 amide bonds. The molecule has 2 aliphatic rings. The SMILES string of the molecule is Cc1cccc(C(=O)N[C@H](C(=O)N2CCCC2C(=O)NC2CC(=O)OC2OCc2ccccc2)C(C)C)c1. The number of ether oxygens (including phenoxy) is 2. The fourth-order valence-electron chi connectivity index (χ4n) is 4.84. The van der Waals surface area contributed by atoms with Crippen LogP contribution in [0.25, 0.3) is 0 Å². The first kappa shape index (κ1) is 27.3. The van der Waals surface area contributed by atoms with Gasteiger partial charge in [0.2, 0.25) is 18.1 Å². The van der Waals surface area contributed by atoms with Crippen LogP contribution >= 0.6 is 0 Å². The molecular weight excluding hydrogens is 486 g/mol. The van der Waals surface area contributed by atoms with E-state index in [4.69, 9.17) is 9.47 Å². The normalized spacial score (nSPS) is 21.7. The molecule has 4 atom stereocenters. The summed E-state index contributed by atoms with van der Waals surface area (Å²) in [5.74, 6) is -1.63. The second-order valence-corrected chi connectivity index (χ2v) is 10.2. The molecule has 202 valence electrons. The Morgan fingerprint density at radius 2 is 1.87 bits per heavy atom. The smallest absolute Gasteiger partial charge is 0.310 e. The quantitative estimate of drug-likeness (QED) is 0.491. The van der Waals surface area contributed by atoms with E-state index in [1.807, 2.05) is 57.2 Å². The number of benzene rings is 2. The van der Waals surface area contributed by atoms with Crippen molar-refractivity contribution in [3.05, 3.63) is 71.3 Å². The van der Waals surface area contributed by atoms with Crippen LogP contribution in [0.3, 0.4) is 0 Å². The minimum absolute atomic E-state index is 0.00691. The molecule has 3 unspecified atom stereocenters. The van der Waals surface area contributed by atoms with E-state index in [9.17, 15) is 19.2 Å². The topological polar surface area (TPSA) is 114 Å². The molecule has 9 heteroatoms. The van der Waals surface area contributed by atoms with Gasteiger partial charge in [0.05, 0.1) is 13.0 Å². The van der Waals surface area contributed by atoms with Crippen molar-refractivity contribution in [2.24, 2.45) is 5.92 Å². The molecule has 2 fully saturated rings. The van der Waals surface area contributed by atoms with Crippen LogP contribution in [-0.2, 0) is 30.5 Å². The van der Waals surface area contributed by atoms with Crippen LogP contribution in [0.5, 0.6) is 0 Å². The molecule has 38 heavy (non-hydrogen) atoms. The van der Waals surface area contributed by atoms with Crippen molar-refractivity contribution in [1.82, 2.24) is 15.5 Å². The predicted octanol–water partition coefficient (Wildman–Crippen LogP) is 2.72. The highest BCUT2D eigenvalue weighted by Crippen LogP contribution is 2.23. The van der Waals surface area contributed by atoms with Gasteiger partial charge < -0.3 is 25.0 Å². The van der Waals surface area contributed by atoms with E-state index in [0.717, 1.165) is 11.1 Å². The molecule has 0 aromatic heterocycles. The highest BCUT2D eigenvalue weighted by molar-refractivity contribution is 5.98. The number of carbonyl (C=O) groups excluding carboxylic acids is 4. The summed E-state index contributed by atoms with van der Waals surface area (Å²) >= 11 is 0. The minimum Gasteiger partial charge on any atom is -0.433 e. The number of rotatable bonds is 9. The van der Waals surface area contributed by atoms with Crippen molar-refractivity contribution in [3.8, 4) is 0 Å². The molecule has 2 saturated heterocycles. The zero-order valence-electron chi connectivity index (χ0n) is 22.0. The molecule has 2 aromatic carbocycles. The summed E-state index contributed by atoms with van der Waals surface area (Å²) in [6.07, 6.45) is 0.238. The molecule has 2 N–H and O–H groups in total. The van der Waals surface area contributed by atoms with Gasteiger partial charge in [0, 0.05) is 12.1 Å². The van der Waals surface area contributed by atoms with Crippen LogP contribution in [0.4, 0.5) is 0 Å². The molecule has 2 heterocycles. The lowest BCUT2D eigenvalue weighted by Gasteiger charge is -2.31. The van der Waals surface area contributed by atoms with Gasteiger partial charge in [-0.2, -0.15) is 0 Å². The van der Waals surface area contributed by atoms with Gasteiger partial charge in [-0.15, -0.1) is 0 Å². The maximum atomic E-state index is 13.6. The fraction of sp³-hybridized carbons (Fsp3) is 0.448. The Balaban J connectivity index is 1.40. The van der Waals surface area contributed by atoms with E-state index in [-0.39, 0.29) is 36.7 Å². The Morgan fingerprint density at radius 3 is 2.58 bits per heavy atom. The third kappa shape index (κ3) is 6.58. The number of esters is 1. The Morgan fingerprint density at radius 1 is 1.11 bits per heavy atom. The highest BCUT2D eigenvalue weighted by Gasteiger charge is 2.42. The second-order valence-electron chi connectivity index (χ2n) is 10.2. The van der Waals surface area contributed by atoms with Crippen LogP contribution in [0.15, 0.2) is 54.6 Å². The Labute approximate surface area is 222 Å². The largest absolute Gasteiger partial charge is 0.433 e. The number of aryl methyl sites for hydroxylation is 1. The van der Waals surface area contributed by atoms with Crippen molar-refractivity contribution in [2.75, 3.05) is 6.54 Å². The predicted molar refractivity (Wildman–Crippen MR) is 140 cm³/mol. The maximum absolute atomic E-state index is 13.6. The van der Waals surface area contributed by atoms with E-state index >= 15 is 0 Å². The summed E-state index contributed by atoms with van der Waals surface area (Å²) in [6, 6.07) is 14.5. The summed E-state index contributed by atoms with van der Waals surface area (Å²) in [5, 5.41) is 5.74. The van der Waals surface area contributed by atoms with Crippen LogP contribution in [0.2, 0.25) is 0 Å². The Hall–Kier alpha value is -3.72. The van der Waals surface area contributed by atoms with E-state index in [1.165, 1.54) is 4.90 Å². The van der Waals surface area contributed by atoms with Crippen molar-refractivity contribution < 1.29 is 28.7 Å². The number of cyclic esters (lactones) is 1. The van der Waals surface area contributed by atoms with Crippen molar-refractivity contribution in [3.63, 3.8) is 0 Å². The van der Waals surface area contributed by atoms with E-state index in [0.29, 0.717) is 24.9 Å². The number of nitrogens with zero attached hydrogens (tertiary/aromatic N) is 1. The number of hydrogen-bond donors (Lipinski definition) is 2. The third-order valence-corrected chi connectivity index (χ3v) is 6.89. The Bertz CT molecular complexity index is 1170. The lowest BCUT2D eigenvalue weighted by atomic mass is 10.0. The van der Waals surface area contributed by atoms with E-state index in [2.05, 4.69) is 10.6 Å². The van der Waals surface area contributed by atoms with Gasteiger partial charge in [0.1, 0.15) is 18.1 Å². The van der Waals surface area contributed by atoms with Gasteiger partial charge in [-0.3, -0.25) is 19.2 Å². The molecular formula is C29H35N3O6. The van der Waals surface area contributed by atoms with Crippen molar-refractivity contribution in [2.45, 2.75) is 71.1 Å². The van der Waals surface area contributed by atoms with Gasteiger partial charge in [-0.05, 0) is 43.4 Å². The molecule has 0 bridgehead atoms. The first-order valence-corrected chi connectivity index (χ1v) is 13.1. The zero-order valence-corrected chi connectivity index (χ0v) is 22.0. The monoisotopic (exact) mass is 521 g/mol. The molecule has 2 aromatic rings. The van der Waals surface area contributed by atoms with Gasteiger partial charge in [-0.25, -0.2) is 0 Å². The molecule has 0 aliphatic carbocycles. The lowest BCUT2D eigenvalue weighted by Crippen LogP contribution is -2.56. The average Bonchev–Trinajstić information content (AvgIpc) is 3.52. The zero-order chi connectivity index (χ0) is 27.2. The third-order valence-electron chi connectivity index (χ3n) is 6.89. The molecule has 2 aliphatic heterocycles. The van der Waals surface area contributed by atoms with Crippen molar-refractivity contribution in [1.29, 1.82) is 0 Å². The average molecular weight is 522 g/mol. The first-order chi connectivity index (χ1) is 18.2. The summed E-state index contributed by atoms with van der Waals surface area (Å²) < 4.78 is 11.1. The number of nitrogens with one attached hydrogen (secondary N) is 2. The van der Waals surface area contributed by atoms with Crippen LogP contribution in [0, 0.1) is 12.8 Å². The highest BCUT2D eigenvalue weighted by atomic mass is 16.7. The number of amides is 3. The summed E-state index contributed by atoms with van der Waals surface area (Å²) in [4.78, 5) is 53.3. The van der Waals surface area contributed by atoms with Crippen molar-refractivity contribution >= 4 is 23.7 Å². The van der Waals surface area contributed by atoms with E-state index < -0.39 is 30.4 Å². The standard InChI is InChI=1S/C29H35N3O6/c1-18(2)25(31-26(34)21-12-7-9-19(3)15-21)28(36)32-14-8-13-23(32)27(35)30-22-16-24(33)38-29(22)37-17-20-10-5-4-6-11-20/h4-7,9-12,15,18,22-23,25,29H,8,13-14,16-17H2,1-3H3,(H,30,35)(H,31,34)/t22?,23?,25-,29?/m0/s1. The molecule has 9 nitrogen and oxygen atoms in total. The Kier molecular flexibility index (Phi) is 8.78. The summed E-state index contributed by atoms with van der Waals surface area (Å²) in [7, 11) is 0. The van der Waals surface area contributed by atoms with Gasteiger partial charge in [-0.1, -0.05) is 61.9 Å². The number of carbonyl (C=O) groups is 4. The first-order valence-electron chi connectivity index (χ1n) is 13.1. The second kappa shape index (κ2) is 12.2. The number of likely N-dealkylation sites (tertiary alicyclic amines) is 1. The van der Waals surface area contributed by atoms with Gasteiger partial charge in [0.15, 0.2) is 0 Å². The molecule has 0 saturated carbocycles. The van der Waals surface area contributed by atoms with Gasteiger partial charge in [0.25, 0.3) is 5.91 Å². The van der Waals surface area contributed by atoms with Crippen LogP contribution in [0.1, 0.15) is 54.6 Å². The molecule has 4 rings (SSSR count).